The molecule has 0 aliphatic carbocycles. The lowest BCUT2D eigenvalue weighted by atomic mass is 10.1. The molecule has 0 atom stereocenters. The fourth-order valence-electron chi connectivity index (χ4n) is 3.59. The van der Waals surface area contributed by atoms with Crippen LogP contribution in [0.15, 0.2) is 71.7 Å². The van der Waals surface area contributed by atoms with Gasteiger partial charge in [0.1, 0.15) is 0 Å². The molecule has 0 aliphatic heterocycles. The van der Waals surface area contributed by atoms with Crippen LogP contribution in [0.3, 0.4) is 0 Å². The van der Waals surface area contributed by atoms with E-state index in [-0.39, 0.29) is 55.2 Å². The highest BCUT2D eigenvalue weighted by Crippen LogP contribution is 2.34. The summed E-state index contributed by atoms with van der Waals surface area (Å²) >= 11 is 0. The Morgan fingerprint density at radius 1 is 0.946 bits per heavy atom. The highest BCUT2D eigenvalue weighted by molar-refractivity contribution is 7.92. The summed E-state index contributed by atoms with van der Waals surface area (Å²) in [5, 5.41) is 16.1. The number of aromatic nitrogens is 1. The average molecular weight is 566 g/mol. The van der Waals surface area contributed by atoms with Gasteiger partial charge in [0.05, 0.1) is 27.4 Å². The number of nitrogens with zero attached hydrogens (tertiary/aromatic N) is 3. The molecule has 4 aromatic rings. The van der Waals surface area contributed by atoms with Gasteiger partial charge in [-0.05, 0) is 42.8 Å². The Morgan fingerprint density at radius 2 is 1.59 bits per heavy atom. The second-order valence-corrected chi connectivity index (χ2v) is 9.59. The monoisotopic (exact) mass is 565 g/mol. The van der Waals surface area contributed by atoms with E-state index in [9.17, 15) is 18.5 Å². The number of non-ortho nitro benzene ring substituents is 1. The van der Waals surface area contributed by atoms with E-state index in [1.165, 1.54) is 12.1 Å². The van der Waals surface area contributed by atoms with Crippen molar-refractivity contribution < 1.29 is 13.3 Å². The van der Waals surface area contributed by atoms with E-state index in [1.54, 1.807) is 30.3 Å². The van der Waals surface area contributed by atoms with Gasteiger partial charge in [-0.3, -0.25) is 19.8 Å². The van der Waals surface area contributed by atoms with Crippen LogP contribution in [0.4, 0.5) is 22.7 Å². The third-order valence-corrected chi connectivity index (χ3v) is 6.54. The van der Waals surface area contributed by atoms with Gasteiger partial charge in [0, 0.05) is 40.8 Å². The number of rotatable bonds is 9. The van der Waals surface area contributed by atoms with Crippen molar-refractivity contribution in [1.82, 2.24) is 4.98 Å². The quantitative estimate of drug-likeness (QED) is 0.0579. The van der Waals surface area contributed by atoms with Gasteiger partial charge < -0.3 is 16.8 Å². The van der Waals surface area contributed by atoms with Crippen LogP contribution in [0.25, 0.3) is 21.8 Å². The summed E-state index contributed by atoms with van der Waals surface area (Å²) in [6, 6.07) is 18.8. The van der Waals surface area contributed by atoms with Gasteiger partial charge >= 0.3 is 0 Å². The molecule has 4 rings (SSSR count). The molecular formula is C23H25Cl2N7O4S. The van der Waals surface area contributed by atoms with Crippen LogP contribution in [-0.2, 0) is 10.0 Å². The molecule has 0 fully saturated rings. The first-order valence-corrected chi connectivity index (χ1v) is 12.3. The first kappa shape index (κ1) is 29.4. The lowest BCUT2D eigenvalue weighted by Gasteiger charge is -2.14. The lowest BCUT2D eigenvalue weighted by molar-refractivity contribution is -0.384. The van der Waals surface area contributed by atoms with Crippen molar-refractivity contribution in [2.45, 2.75) is 6.42 Å². The fourth-order valence-corrected chi connectivity index (χ4v) is 4.70. The predicted octanol–water partition coefficient (Wildman–Crippen LogP) is 4.29. The van der Waals surface area contributed by atoms with Gasteiger partial charge in [-0.15, -0.1) is 24.8 Å². The Balaban J connectivity index is 0.00000241. The molecule has 0 unspecified atom stereocenters. The topological polar surface area (TPSA) is 179 Å². The molecule has 1 aromatic heterocycles. The predicted molar refractivity (Wildman–Crippen MR) is 153 cm³/mol. The average Bonchev–Trinajstić information content (AvgIpc) is 2.82. The molecule has 0 saturated carbocycles. The number of pyridine rings is 1. The van der Waals surface area contributed by atoms with E-state index in [1.807, 2.05) is 24.3 Å². The molecule has 6 N–H and O–H groups in total. The fraction of sp³-hybridized carbons (Fsp3) is 0.130. The number of hydrogen-bond donors (Lipinski definition) is 4. The maximum Gasteiger partial charge on any atom is 0.271 e. The molecule has 14 heteroatoms. The summed E-state index contributed by atoms with van der Waals surface area (Å²) in [6.45, 7) is 0.225. The zero-order valence-electron chi connectivity index (χ0n) is 19.3. The standard InChI is InChI=1S/C23H23N7O4S.2ClH/c24-23(25)26-12-3-13-35(33,34)29-16-8-6-15(7-9-16)27-22-18-4-1-2-5-20(18)28-21-14-17(30(31)32)10-11-19(21)22;;/h1-2,4-11,14,29H,3,12-13H2,(H,27,28)(H4,24,25,26);2*1H. The van der Waals surface area contributed by atoms with Crippen molar-refractivity contribution in [2.75, 3.05) is 22.3 Å². The zero-order valence-corrected chi connectivity index (χ0v) is 21.8. The number of hydrogen-bond acceptors (Lipinski definition) is 7. The number of guanidine groups is 1. The Kier molecular flexibility index (Phi) is 9.83. The number of aliphatic imine (C=N–C) groups is 1. The van der Waals surface area contributed by atoms with Crippen molar-refractivity contribution >= 4 is 85.4 Å². The number of sulfonamides is 1. The number of nitro benzene ring substituents is 1. The maximum absolute atomic E-state index is 12.3. The van der Waals surface area contributed by atoms with Crippen LogP contribution in [-0.4, -0.2) is 36.6 Å². The second kappa shape index (κ2) is 12.4. The van der Waals surface area contributed by atoms with Crippen molar-refractivity contribution in [3.63, 3.8) is 0 Å². The number of halogens is 2. The van der Waals surface area contributed by atoms with Crippen LogP contribution in [0, 0.1) is 10.1 Å². The Hall–Kier alpha value is -3.87. The molecule has 1 heterocycles. The van der Waals surface area contributed by atoms with Gasteiger partial charge in [-0.2, -0.15) is 0 Å². The molecule has 3 aromatic carbocycles. The minimum atomic E-state index is -3.56. The van der Waals surface area contributed by atoms with Gasteiger partial charge in [0.2, 0.25) is 10.0 Å². The SMILES string of the molecule is Cl.Cl.NC(N)=NCCCS(=O)(=O)Nc1ccc(Nc2c3ccccc3nc3cc([N+](=O)[O-])ccc23)cc1. The van der Waals surface area contributed by atoms with Crippen LogP contribution < -0.4 is 21.5 Å². The molecule has 37 heavy (non-hydrogen) atoms. The lowest BCUT2D eigenvalue weighted by Crippen LogP contribution is -2.23. The summed E-state index contributed by atoms with van der Waals surface area (Å²) < 4.78 is 27.1. The molecule has 0 spiro atoms. The van der Waals surface area contributed by atoms with Crippen LogP contribution >= 0.6 is 24.8 Å². The van der Waals surface area contributed by atoms with Crippen LogP contribution in [0.1, 0.15) is 6.42 Å². The first-order valence-electron chi connectivity index (χ1n) is 10.6. The van der Waals surface area contributed by atoms with E-state index in [2.05, 4.69) is 20.0 Å². The Labute approximate surface area is 225 Å². The maximum atomic E-state index is 12.3. The Morgan fingerprint density at radius 3 is 2.27 bits per heavy atom. The van der Waals surface area contributed by atoms with E-state index < -0.39 is 14.9 Å². The van der Waals surface area contributed by atoms with Crippen molar-refractivity contribution in [1.29, 1.82) is 0 Å². The highest BCUT2D eigenvalue weighted by Gasteiger charge is 2.14. The van der Waals surface area contributed by atoms with E-state index in [0.29, 0.717) is 22.4 Å². The van der Waals surface area contributed by atoms with E-state index >= 15 is 0 Å². The second-order valence-electron chi connectivity index (χ2n) is 7.75. The first-order chi connectivity index (χ1) is 16.7. The zero-order chi connectivity index (χ0) is 25.0. The molecule has 11 nitrogen and oxygen atoms in total. The van der Waals surface area contributed by atoms with Gasteiger partial charge in [-0.1, -0.05) is 18.2 Å². The molecule has 0 bridgehead atoms. The molecule has 196 valence electrons. The number of anilines is 3. The van der Waals surface area contributed by atoms with Crippen LogP contribution in [0.5, 0.6) is 0 Å². The number of benzene rings is 3. The van der Waals surface area contributed by atoms with Crippen LogP contribution in [0.2, 0.25) is 0 Å². The minimum Gasteiger partial charge on any atom is -0.370 e. The molecule has 0 saturated heterocycles. The van der Waals surface area contributed by atoms with Gasteiger partial charge in [0.15, 0.2) is 5.96 Å². The Bertz CT molecular complexity index is 1540. The largest absolute Gasteiger partial charge is 0.370 e. The number of nitrogens with one attached hydrogen (secondary N) is 2. The molecule has 0 amide bonds. The van der Waals surface area contributed by atoms with Crippen molar-refractivity contribution in [3.8, 4) is 0 Å². The smallest absolute Gasteiger partial charge is 0.271 e. The highest BCUT2D eigenvalue weighted by atomic mass is 35.5. The van der Waals surface area contributed by atoms with Crippen molar-refractivity contribution in [3.05, 3.63) is 76.8 Å². The normalized spacial score (nSPS) is 10.7. The molecular weight excluding hydrogens is 541 g/mol. The molecule has 0 aliphatic rings. The summed E-state index contributed by atoms with van der Waals surface area (Å²) in [6.07, 6.45) is 0.285. The van der Waals surface area contributed by atoms with E-state index in [4.69, 9.17) is 11.5 Å². The van der Waals surface area contributed by atoms with Crippen molar-refractivity contribution in [2.24, 2.45) is 16.5 Å². The summed E-state index contributed by atoms with van der Waals surface area (Å²) in [7, 11) is -3.56. The van der Waals surface area contributed by atoms with Gasteiger partial charge in [0.25, 0.3) is 5.69 Å². The third kappa shape index (κ3) is 7.32. The number of fused-ring (bicyclic) bond motifs is 2. The number of nitrogens with two attached hydrogens (primary N) is 2. The summed E-state index contributed by atoms with van der Waals surface area (Å²) in [5.41, 5.74) is 13.5. The van der Waals surface area contributed by atoms with E-state index in [0.717, 1.165) is 16.5 Å². The minimum absolute atomic E-state index is 0. The number of para-hydroxylation sites is 1. The van der Waals surface area contributed by atoms with Gasteiger partial charge in [-0.25, -0.2) is 13.4 Å². The third-order valence-electron chi connectivity index (χ3n) is 5.17. The summed E-state index contributed by atoms with van der Waals surface area (Å²) in [5.74, 6) is -0.198. The summed E-state index contributed by atoms with van der Waals surface area (Å²) in [4.78, 5) is 19.1. The number of nitro groups is 1. The molecule has 0 radical (unpaired) electrons.